The number of hydrogen-bond acceptors (Lipinski definition) is 11. The standard InChI is InChI=1S/C36H58N4O9/c1-21(2)29-27(34(40-39-29)49-35-32(45)31(44)30(43)28(20-41)48-35)18-23-11-12-26(16-22(23)3)47-15-9-7-13-36(4,5)19-25(42)17-24(33(38)46)10-6-8-14-37/h11-12,16,21,24,28,30-32,35,41,43-45H,6-10,13-15,17-20,37H2,1-5H3,(H2,38,46)(H,39,40)/t24-,28-,30-,31+,32-,35+/m1/s1. The molecule has 1 saturated heterocycles. The van der Waals surface area contributed by atoms with Gasteiger partial charge in [0, 0.05) is 36.4 Å². The number of aliphatic hydroxyl groups excluding tert-OH is 4. The van der Waals surface area contributed by atoms with E-state index in [2.05, 4.69) is 24.0 Å². The number of primary amides is 1. The summed E-state index contributed by atoms with van der Waals surface area (Å²) in [6.45, 7) is 10.7. The Balaban J connectivity index is 1.53. The SMILES string of the molecule is Cc1cc(OCCCCC(C)(C)CC(=O)C[C@@H](CCCCN)C(N)=O)ccc1Cc1c(O[C@@H]2O[C@H](CO)[C@@H](O)[C@H](O)[C@H]2O)n[nH]c1C(C)C. The van der Waals surface area contributed by atoms with E-state index in [4.69, 9.17) is 25.7 Å². The Morgan fingerprint density at radius 3 is 2.45 bits per heavy atom. The second-order valence-electron chi connectivity index (χ2n) is 14.4. The summed E-state index contributed by atoms with van der Waals surface area (Å²) in [5.74, 6) is 0.249. The van der Waals surface area contributed by atoms with Crippen LogP contribution >= 0.6 is 0 Å². The van der Waals surface area contributed by atoms with E-state index < -0.39 is 49.1 Å². The lowest BCUT2D eigenvalue weighted by Crippen LogP contribution is -2.60. The number of Topliss-reactive ketones (excluding diaryl/α,β-unsaturated/α-hetero) is 1. The van der Waals surface area contributed by atoms with Gasteiger partial charge in [0.2, 0.25) is 18.1 Å². The van der Waals surface area contributed by atoms with Crippen molar-refractivity contribution in [1.82, 2.24) is 10.2 Å². The number of carbonyl (C=O) groups is 2. The number of aromatic amines is 1. The molecule has 3 rings (SSSR count). The molecule has 9 N–H and O–H groups in total. The molecule has 2 heterocycles. The molecule has 1 aliphatic rings. The molecule has 0 unspecified atom stereocenters. The molecule has 1 aromatic carbocycles. The third-order valence-electron chi connectivity index (χ3n) is 9.27. The number of amides is 1. The lowest BCUT2D eigenvalue weighted by atomic mass is 9.80. The number of rotatable bonds is 21. The molecule has 2 aromatic rings. The van der Waals surface area contributed by atoms with Crippen LogP contribution in [0, 0.1) is 18.3 Å². The Kier molecular flexibility index (Phi) is 15.5. The van der Waals surface area contributed by atoms with Gasteiger partial charge in [-0.05, 0) is 80.2 Å². The number of benzene rings is 1. The minimum atomic E-state index is -1.56. The number of ether oxygens (including phenoxy) is 3. The van der Waals surface area contributed by atoms with E-state index in [0.29, 0.717) is 32.4 Å². The first-order valence-electron chi connectivity index (χ1n) is 17.4. The molecule has 276 valence electrons. The van der Waals surface area contributed by atoms with Gasteiger partial charge in [-0.15, -0.1) is 5.10 Å². The number of aryl methyl sites for hydroxylation is 1. The zero-order valence-corrected chi connectivity index (χ0v) is 29.7. The summed E-state index contributed by atoms with van der Waals surface area (Å²) >= 11 is 0. The smallest absolute Gasteiger partial charge is 0.238 e. The van der Waals surface area contributed by atoms with E-state index in [1.54, 1.807) is 0 Å². The molecule has 1 amide bonds. The number of H-pyrrole nitrogens is 1. The molecule has 0 spiro atoms. The molecule has 6 atom stereocenters. The summed E-state index contributed by atoms with van der Waals surface area (Å²) in [4.78, 5) is 24.6. The van der Waals surface area contributed by atoms with Gasteiger partial charge in [0.25, 0.3) is 0 Å². The molecule has 1 fully saturated rings. The molecule has 0 aliphatic carbocycles. The van der Waals surface area contributed by atoms with Crippen molar-refractivity contribution in [1.29, 1.82) is 0 Å². The van der Waals surface area contributed by atoms with E-state index in [0.717, 1.165) is 60.2 Å². The zero-order valence-electron chi connectivity index (χ0n) is 29.7. The predicted octanol–water partition coefficient (Wildman–Crippen LogP) is 2.77. The second-order valence-corrected chi connectivity index (χ2v) is 14.4. The molecule has 13 heteroatoms. The van der Waals surface area contributed by atoms with E-state index in [1.165, 1.54) is 0 Å². The summed E-state index contributed by atoms with van der Waals surface area (Å²) in [6.07, 6.45) is -1.20. The van der Waals surface area contributed by atoms with Gasteiger partial charge in [0.1, 0.15) is 35.9 Å². The molecule has 1 aromatic heterocycles. The van der Waals surface area contributed by atoms with E-state index in [9.17, 15) is 30.0 Å². The molecular formula is C36H58N4O9. The summed E-state index contributed by atoms with van der Waals surface area (Å²) in [5.41, 5.74) is 14.5. The Morgan fingerprint density at radius 2 is 1.82 bits per heavy atom. The van der Waals surface area contributed by atoms with Crippen molar-refractivity contribution >= 4 is 11.7 Å². The van der Waals surface area contributed by atoms with Crippen molar-refractivity contribution < 1.29 is 44.2 Å². The van der Waals surface area contributed by atoms with Crippen molar-refractivity contribution in [3.63, 3.8) is 0 Å². The summed E-state index contributed by atoms with van der Waals surface area (Å²) in [7, 11) is 0. The molecule has 49 heavy (non-hydrogen) atoms. The van der Waals surface area contributed by atoms with Gasteiger partial charge in [-0.2, -0.15) is 0 Å². The summed E-state index contributed by atoms with van der Waals surface area (Å²) in [6, 6.07) is 5.89. The van der Waals surface area contributed by atoms with Crippen molar-refractivity contribution in [2.45, 2.75) is 129 Å². The van der Waals surface area contributed by atoms with Crippen LogP contribution in [0.1, 0.15) is 107 Å². The van der Waals surface area contributed by atoms with Crippen molar-refractivity contribution in [3.8, 4) is 11.6 Å². The van der Waals surface area contributed by atoms with Crippen LogP contribution in [0.4, 0.5) is 0 Å². The number of unbranched alkanes of at least 4 members (excludes halogenated alkanes) is 2. The molecule has 0 radical (unpaired) electrons. The number of aromatic nitrogens is 2. The maximum atomic E-state index is 12.7. The van der Waals surface area contributed by atoms with E-state index in [1.807, 2.05) is 39.0 Å². The lowest BCUT2D eigenvalue weighted by Gasteiger charge is -2.39. The first-order valence-corrected chi connectivity index (χ1v) is 17.4. The number of nitrogens with one attached hydrogen (secondary N) is 1. The topological polar surface area (TPSA) is 223 Å². The normalized spacial score (nSPS) is 21.9. The Bertz CT molecular complexity index is 1350. The summed E-state index contributed by atoms with van der Waals surface area (Å²) in [5, 5.41) is 47.7. The van der Waals surface area contributed by atoms with Crippen LogP contribution in [0.15, 0.2) is 18.2 Å². The number of ketones is 1. The quantitative estimate of drug-likeness (QED) is 0.0944. The number of aliphatic hydroxyl groups is 4. The van der Waals surface area contributed by atoms with Crippen molar-refractivity contribution in [3.05, 3.63) is 40.6 Å². The zero-order chi connectivity index (χ0) is 36.3. The number of nitrogens with two attached hydrogens (primary N) is 2. The fourth-order valence-electron chi connectivity index (χ4n) is 6.27. The van der Waals surface area contributed by atoms with Crippen molar-refractivity contribution in [2.24, 2.45) is 22.8 Å². The van der Waals surface area contributed by atoms with Gasteiger partial charge in [-0.1, -0.05) is 40.2 Å². The van der Waals surface area contributed by atoms with Gasteiger partial charge in [-0.3, -0.25) is 14.7 Å². The monoisotopic (exact) mass is 690 g/mol. The third kappa shape index (κ3) is 11.8. The maximum absolute atomic E-state index is 12.7. The molecule has 13 nitrogen and oxygen atoms in total. The van der Waals surface area contributed by atoms with E-state index in [-0.39, 0.29) is 29.4 Å². The van der Waals surface area contributed by atoms with Gasteiger partial charge in [0.05, 0.1) is 13.2 Å². The first-order chi connectivity index (χ1) is 23.2. The van der Waals surface area contributed by atoms with Crippen LogP contribution in [-0.2, 0) is 20.7 Å². The summed E-state index contributed by atoms with van der Waals surface area (Å²) < 4.78 is 17.5. The highest BCUT2D eigenvalue weighted by Crippen LogP contribution is 2.33. The number of hydrogen-bond donors (Lipinski definition) is 7. The highest BCUT2D eigenvalue weighted by atomic mass is 16.7. The fourth-order valence-corrected chi connectivity index (χ4v) is 6.27. The van der Waals surface area contributed by atoms with Gasteiger partial charge < -0.3 is 46.1 Å². The first kappa shape index (κ1) is 40.4. The number of carbonyl (C=O) groups excluding carboxylic acids is 2. The predicted molar refractivity (Wildman–Crippen MR) is 184 cm³/mol. The Morgan fingerprint density at radius 1 is 1.08 bits per heavy atom. The highest BCUT2D eigenvalue weighted by Gasteiger charge is 2.45. The van der Waals surface area contributed by atoms with Gasteiger partial charge >= 0.3 is 0 Å². The van der Waals surface area contributed by atoms with Crippen LogP contribution in [0.5, 0.6) is 11.6 Å². The number of nitrogens with zero attached hydrogens (tertiary/aromatic N) is 1. The Labute approximate surface area is 289 Å². The average Bonchev–Trinajstić information content (AvgIpc) is 3.43. The van der Waals surface area contributed by atoms with Crippen LogP contribution in [0.2, 0.25) is 0 Å². The minimum Gasteiger partial charge on any atom is -0.494 e. The van der Waals surface area contributed by atoms with Gasteiger partial charge in [-0.25, -0.2) is 0 Å². The average molecular weight is 691 g/mol. The highest BCUT2D eigenvalue weighted by molar-refractivity contribution is 5.86. The van der Waals surface area contributed by atoms with Crippen LogP contribution in [-0.4, -0.2) is 92.8 Å². The molecule has 0 bridgehead atoms. The van der Waals surface area contributed by atoms with E-state index >= 15 is 0 Å². The largest absolute Gasteiger partial charge is 0.494 e. The van der Waals surface area contributed by atoms with Crippen LogP contribution < -0.4 is 20.9 Å². The van der Waals surface area contributed by atoms with Crippen LogP contribution in [0.3, 0.4) is 0 Å². The van der Waals surface area contributed by atoms with Crippen molar-refractivity contribution in [2.75, 3.05) is 19.8 Å². The fraction of sp³-hybridized carbons (Fsp3) is 0.694. The minimum absolute atomic E-state index is 0.0665. The third-order valence-corrected chi connectivity index (χ3v) is 9.27. The van der Waals surface area contributed by atoms with Crippen LogP contribution in [0.25, 0.3) is 0 Å². The Hall–Kier alpha value is -3.07. The lowest BCUT2D eigenvalue weighted by molar-refractivity contribution is -0.278. The second kappa shape index (κ2) is 18.8. The maximum Gasteiger partial charge on any atom is 0.238 e. The molecule has 0 saturated carbocycles. The van der Waals surface area contributed by atoms with Gasteiger partial charge in [0.15, 0.2) is 0 Å². The molecule has 1 aliphatic heterocycles. The molecular weight excluding hydrogens is 632 g/mol.